The molecule has 1 aliphatic rings. The monoisotopic (exact) mass is 430 g/mol. The minimum absolute atomic E-state index is 0. The van der Waals surface area contributed by atoms with E-state index in [0.29, 0.717) is 5.56 Å². The lowest BCUT2D eigenvalue weighted by Crippen LogP contribution is -2.45. The number of phenolic OH excluding ortho intramolecular Hbond substituents is 1. The molecule has 1 fully saturated rings. The number of thiophene rings is 1. The van der Waals surface area contributed by atoms with Gasteiger partial charge in [0.05, 0.1) is 6.04 Å². The van der Waals surface area contributed by atoms with Crippen LogP contribution in [0.4, 0.5) is 13.2 Å². The fraction of sp³-hybridized carbons (Fsp3) is 0.375. The molecule has 0 radical (unpaired) electrons. The Morgan fingerprint density at radius 3 is 2.38 bits per heavy atom. The van der Waals surface area contributed by atoms with E-state index in [-0.39, 0.29) is 30.9 Å². The Morgan fingerprint density at radius 1 is 1.12 bits per heavy atom. The highest BCUT2D eigenvalue weighted by molar-refractivity contribution is 7.10. The summed E-state index contributed by atoms with van der Waals surface area (Å²) < 4.78 is 41.5. The Balaban J connectivity index is 0.00000169. The summed E-state index contributed by atoms with van der Waals surface area (Å²) in [5, 5.41) is 15.6. The first-order valence-corrected chi connectivity index (χ1v) is 8.39. The van der Waals surface area contributed by atoms with Gasteiger partial charge in [-0.15, -0.1) is 49.3 Å². The molecule has 1 aliphatic heterocycles. The van der Waals surface area contributed by atoms with Crippen LogP contribution in [-0.4, -0.2) is 42.5 Å². The molecule has 0 amide bonds. The quantitative estimate of drug-likeness (QED) is 0.762. The molecule has 0 saturated carbocycles. The maximum atomic E-state index is 12.5. The number of benzene rings is 1. The highest BCUT2D eigenvalue weighted by atomic mass is 35.5. The van der Waals surface area contributed by atoms with Crippen molar-refractivity contribution in [2.24, 2.45) is 0 Å². The van der Waals surface area contributed by atoms with Crippen LogP contribution in [0.15, 0.2) is 35.7 Å². The van der Waals surface area contributed by atoms with Crippen LogP contribution < -0.4 is 10.1 Å². The number of nitrogens with zero attached hydrogens (tertiary/aromatic N) is 1. The van der Waals surface area contributed by atoms with Crippen LogP contribution in [0, 0.1) is 0 Å². The summed E-state index contributed by atoms with van der Waals surface area (Å²) in [5.41, 5.74) is 0.418. The second kappa shape index (κ2) is 9.66. The lowest BCUT2D eigenvalue weighted by Gasteiger charge is -2.35. The lowest BCUT2D eigenvalue weighted by atomic mass is 10.0. The fourth-order valence-electron chi connectivity index (χ4n) is 2.88. The summed E-state index contributed by atoms with van der Waals surface area (Å²) in [6, 6.07) is 7.75. The molecule has 2 heterocycles. The van der Waals surface area contributed by atoms with Gasteiger partial charge < -0.3 is 15.2 Å². The van der Waals surface area contributed by atoms with Crippen molar-refractivity contribution in [1.29, 1.82) is 0 Å². The van der Waals surface area contributed by atoms with Crippen LogP contribution in [0.1, 0.15) is 16.5 Å². The van der Waals surface area contributed by atoms with Crippen LogP contribution in [0.25, 0.3) is 0 Å². The summed E-state index contributed by atoms with van der Waals surface area (Å²) >= 11 is 1.51. The molecule has 0 spiro atoms. The molecule has 10 heteroatoms. The minimum Gasteiger partial charge on any atom is -0.504 e. The summed E-state index contributed by atoms with van der Waals surface area (Å²) in [6.07, 6.45) is -4.84. The molecule has 1 atom stereocenters. The average Bonchev–Trinajstić information content (AvgIpc) is 3.05. The van der Waals surface area contributed by atoms with E-state index in [1.807, 2.05) is 17.5 Å². The Morgan fingerprint density at radius 2 is 1.81 bits per heavy atom. The molecule has 3 rings (SSSR count). The first-order chi connectivity index (χ1) is 11.5. The molecular weight excluding hydrogens is 412 g/mol. The molecular formula is C16H19Cl2F3N2O2S. The van der Waals surface area contributed by atoms with Crippen LogP contribution in [-0.2, 0) is 0 Å². The SMILES string of the molecule is Cl.Cl.Oc1c(OC(F)(F)F)cccc1[C@H](c1cccs1)N1CCNCC1. The van der Waals surface area contributed by atoms with Gasteiger partial charge in [0, 0.05) is 36.6 Å². The number of rotatable bonds is 4. The van der Waals surface area contributed by atoms with E-state index in [2.05, 4.69) is 15.0 Å². The second-order valence-corrected chi connectivity index (χ2v) is 6.42. The largest absolute Gasteiger partial charge is 0.573 e. The number of aromatic hydroxyl groups is 1. The van der Waals surface area contributed by atoms with Crippen molar-refractivity contribution >= 4 is 36.2 Å². The van der Waals surface area contributed by atoms with Gasteiger partial charge in [0.15, 0.2) is 11.5 Å². The third-order valence-corrected chi connectivity index (χ3v) is 4.80. The number of para-hydroxylation sites is 1. The third kappa shape index (κ3) is 5.40. The zero-order valence-corrected chi connectivity index (χ0v) is 16.0. The molecule has 2 N–H and O–H groups in total. The van der Waals surface area contributed by atoms with E-state index in [1.54, 1.807) is 6.07 Å². The maximum Gasteiger partial charge on any atom is 0.573 e. The average molecular weight is 431 g/mol. The molecule has 2 aromatic rings. The summed E-state index contributed by atoms with van der Waals surface area (Å²) in [6.45, 7) is 3.07. The third-order valence-electron chi connectivity index (χ3n) is 3.88. The van der Waals surface area contributed by atoms with Crippen molar-refractivity contribution < 1.29 is 23.0 Å². The van der Waals surface area contributed by atoms with Gasteiger partial charge in [-0.1, -0.05) is 18.2 Å². The number of piperazine rings is 1. The highest BCUT2D eigenvalue weighted by Gasteiger charge is 2.34. The van der Waals surface area contributed by atoms with Gasteiger partial charge in [-0.05, 0) is 17.5 Å². The van der Waals surface area contributed by atoms with Crippen LogP contribution in [0.2, 0.25) is 0 Å². The number of alkyl halides is 3. The Kier molecular flexibility index (Phi) is 8.49. The minimum atomic E-state index is -4.84. The number of halogens is 5. The van der Waals surface area contributed by atoms with E-state index in [0.717, 1.165) is 37.1 Å². The first kappa shape index (κ1) is 22.9. The number of hydrogen-bond donors (Lipinski definition) is 2. The van der Waals surface area contributed by atoms with Crippen molar-refractivity contribution in [3.8, 4) is 11.5 Å². The van der Waals surface area contributed by atoms with E-state index in [1.165, 1.54) is 17.4 Å². The van der Waals surface area contributed by atoms with E-state index in [4.69, 9.17) is 0 Å². The van der Waals surface area contributed by atoms with E-state index in [9.17, 15) is 18.3 Å². The maximum absolute atomic E-state index is 12.5. The molecule has 26 heavy (non-hydrogen) atoms. The van der Waals surface area contributed by atoms with Gasteiger partial charge in [-0.25, -0.2) is 0 Å². The Labute approximate surface area is 165 Å². The number of hydrogen-bond acceptors (Lipinski definition) is 5. The molecule has 1 saturated heterocycles. The number of nitrogens with one attached hydrogen (secondary N) is 1. The van der Waals surface area contributed by atoms with Gasteiger partial charge >= 0.3 is 6.36 Å². The predicted octanol–water partition coefficient (Wildman–Crippen LogP) is 4.19. The van der Waals surface area contributed by atoms with Crippen molar-refractivity contribution in [2.45, 2.75) is 12.4 Å². The highest BCUT2D eigenvalue weighted by Crippen LogP contribution is 2.42. The van der Waals surface area contributed by atoms with Crippen molar-refractivity contribution in [3.63, 3.8) is 0 Å². The predicted molar refractivity (Wildman–Crippen MR) is 99.9 cm³/mol. The van der Waals surface area contributed by atoms with E-state index >= 15 is 0 Å². The smallest absolute Gasteiger partial charge is 0.504 e. The molecule has 146 valence electrons. The molecule has 4 nitrogen and oxygen atoms in total. The molecule has 0 aliphatic carbocycles. The second-order valence-electron chi connectivity index (χ2n) is 5.45. The topological polar surface area (TPSA) is 44.7 Å². The van der Waals surface area contributed by atoms with Gasteiger partial charge in [0.2, 0.25) is 0 Å². The molecule has 0 bridgehead atoms. The van der Waals surface area contributed by atoms with Gasteiger partial charge in [0.25, 0.3) is 0 Å². The van der Waals surface area contributed by atoms with Crippen molar-refractivity contribution in [2.75, 3.05) is 26.2 Å². The van der Waals surface area contributed by atoms with E-state index < -0.39 is 17.9 Å². The summed E-state index contributed by atoms with van der Waals surface area (Å²) in [7, 11) is 0. The van der Waals surface area contributed by atoms with Crippen molar-refractivity contribution in [1.82, 2.24) is 10.2 Å². The molecule has 1 aromatic carbocycles. The first-order valence-electron chi connectivity index (χ1n) is 7.51. The summed E-state index contributed by atoms with van der Waals surface area (Å²) in [5.74, 6) is -1.04. The lowest BCUT2D eigenvalue weighted by molar-refractivity contribution is -0.275. The number of ether oxygens (including phenoxy) is 1. The fourth-order valence-corrected chi connectivity index (χ4v) is 3.76. The zero-order valence-electron chi connectivity index (χ0n) is 13.5. The van der Waals surface area contributed by atoms with Gasteiger partial charge in [-0.2, -0.15) is 0 Å². The van der Waals surface area contributed by atoms with Gasteiger partial charge in [-0.3, -0.25) is 4.90 Å². The zero-order chi connectivity index (χ0) is 17.2. The summed E-state index contributed by atoms with van der Waals surface area (Å²) in [4.78, 5) is 3.12. The molecule has 1 aromatic heterocycles. The Bertz CT molecular complexity index is 681. The van der Waals surface area contributed by atoms with Gasteiger partial charge in [0.1, 0.15) is 0 Å². The molecule has 0 unspecified atom stereocenters. The van der Waals surface area contributed by atoms with Crippen LogP contribution in [0.3, 0.4) is 0 Å². The standard InChI is InChI=1S/C16H17F3N2O2S.2ClH/c17-16(18,19)23-12-4-1-3-11(15(12)22)14(13-5-2-10-24-13)21-8-6-20-7-9-21;;/h1-5,10,14,20,22H,6-9H2;2*1H/t14-;;/m1../s1. The van der Waals surface area contributed by atoms with Crippen LogP contribution >= 0.6 is 36.2 Å². The van der Waals surface area contributed by atoms with Crippen molar-refractivity contribution in [3.05, 3.63) is 46.2 Å². The Hall–Kier alpha value is -1.19. The van der Waals surface area contributed by atoms with Crippen LogP contribution in [0.5, 0.6) is 11.5 Å². The normalized spacial score (nSPS) is 16.3. The number of phenols is 1.